The normalized spacial score (nSPS) is 20.0. The lowest BCUT2D eigenvalue weighted by atomic mass is 9.99. The molecule has 0 saturated heterocycles. The molecule has 1 atom stereocenters. The topological polar surface area (TPSA) is 108 Å². The van der Waals surface area contributed by atoms with Gasteiger partial charge in [0.05, 0.1) is 30.5 Å². The molecule has 1 aliphatic heterocycles. The van der Waals surface area contributed by atoms with Crippen molar-refractivity contribution in [3.05, 3.63) is 47.1 Å². The van der Waals surface area contributed by atoms with Crippen molar-refractivity contribution >= 4 is 11.7 Å². The number of carbonyl (C=O) groups excluding carboxylic acids is 1. The Hall–Kier alpha value is -3.34. The molecule has 4 rings (SSSR count). The lowest BCUT2D eigenvalue weighted by Crippen LogP contribution is -2.30. The summed E-state index contributed by atoms with van der Waals surface area (Å²) in [6.45, 7) is 6.87. The number of carbonyl (C=O) groups is 1. The number of amides is 1. The minimum atomic E-state index is -0.944. The molecule has 29 heavy (non-hydrogen) atoms. The number of anilines is 1. The van der Waals surface area contributed by atoms with Gasteiger partial charge in [0.2, 0.25) is 5.60 Å². The average Bonchev–Trinajstić information content (AvgIpc) is 3.45. The molecule has 150 valence electrons. The van der Waals surface area contributed by atoms with E-state index in [0.717, 1.165) is 23.9 Å². The molecule has 1 unspecified atom stereocenters. The van der Waals surface area contributed by atoms with Gasteiger partial charge in [-0.15, -0.1) is 0 Å². The van der Waals surface area contributed by atoms with Crippen LogP contribution >= 0.6 is 0 Å². The molecule has 0 aromatic carbocycles. The lowest BCUT2D eigenvalue weighted by Gasteiger charge is -2.25. The molecule has 1 fully saturated rings. The van der Waals surface area contributed by atoms with Crippen LogP contribution in [-0.4, -0.2) is 25.4 Å². The molecule has 2 aliphatic rings. The minimum Gasteiger partial charge on any atom is -0.476 e. The fourth-order valence-corrected chi connectivity index (χ4v) is 3.35. The number of allylic oxidation sites excluding steroid dienone is 1. The van der Waals surface area contributed by atoms with Crippen molar-refractivity contribution in [2.75, 3.05) is 5.73 Å². The molecule has 2 aromatic rings. The van der Waals surface area contributed by atoms with Crippen molar-refractivity contribution in [2.45, 2.75) is 52.3 Å². The van der Waals surface area contributed by atoms with Crippen LogP contribution in [0.3, 0.4) is 0 Å². The van der Waals surface area contributed by atoms with E-state index in [1.165, 1.54) is 19.1 Å². The van der Waals surface area contributed by atoms with E-state index >= 15 is 0 Å². The van der Waals surface area contributed by atoms with Crippen LogP contribution in [0.5, 0.6) is 0 Å². The quantitative estimate of drug-likeness (QED) is 0.728. The molecule has 0 radical (unpaired) electrons. The first kappa shape index (κ1) is 19.0. The summed E-state index contributed by atoms with van der Waals surface area (Å²) < 4.78 is 7.76. The Balaban J connectivity index is 1.48. The van der Waals surface area contributed by atoms with Gasteiger partial charge in [-0.3, -0.25) is 4.79 Å². The molecule has 8 heteroatoms. The zero-order chi connectivity index (χ0) is 20.6. The highest BCUT2D eigenvalue weighted by molar-refractivity contribution is 5.96. The summed E-state index contributed by atoms with van der Waals surface area (Å²) in [5.74, 6) is 6.26. The molecule has 0 spiro atoms. The third-order valence-electron chi connectivity index (χ3n) is 5.30. The second-order valence-electron chi connectivity index (χ2n) is 7.67. The van der Waals surface area contributed by atoms with Gasteiger partial charge < -0.3 is 20.4 Å². The van der Waals surface area contributed by atoms with Crippen molar-refractivity contribution in [3.63, 3.8) is 0 Å². The van der Waals surface area contributed by atoms with Gasteiger partial charge in [-0.1, -0.05) is 5.92 Å². The number of nitrogens with one attached hydrogen (secondary N) is 1. The van der Waals surface area contributed by atoms with Gasteiger partial charge in [0.25, 0.3) is 5.91 Å². The number of hydrogen-bond acceptors (Lipinski definition) is 6. The molecule has 1 amide bonds. The van der Waals surface area contributed by atoms with Gasteiger partial charge in [-0.2, -0.15) is 0 Å². The number of rotatable bonds is 6. The highest BCUT2D eigenvalue weighted by Crippen LogP contribution is 2.31. The fraction of sp³-hybridized carbons (Fsp3) is 0.429. The fourth-order valence-electron chi connectivity index (χ4n) is 3.35. The van der Waals surface area contributed by atoms with E-state index in [0.29, 0.717) is 17.9 Å². The largest absolute Gasteiger partial charge is 0.476 e. The molecule has 3 N–H and O–H groups in total. The van der Waals surface area contributed by atoms with E-state index in [2.05, 4.69) is 36.7 Å². The van der Waals surface area contributed by atoms with E-state index in [4.69, 9.17) is 10.5 Å². The summed E-state index contributed by atoms with van der Waals surface area (Å²) in [5, 5.41) is 2.85. The van der Waals surface area contributed by atoms with Crippen LogP contribution in [0, 0.1) is 31.6 Å². The Labute approximate surface area is 169 Å². The molecular formula is C21H24N6O2. The standard InChI is InChI=1S/C21H24N6O2/c1-13-18(21(3)8-4-5-9-29-21)26-19(22)17(25-13)20(28)23-10-16-14(2)27(12-24-16)11-15-6-7-15/h5,9,12,15H,6-7,10-11H2,1-3H3,(H2,22,26)(H,23,28). The Morgan fingerprint density at radius 1 is 1.41 bits per heavy atom. The number of nitrogens with two attached hydrogens (primary N) is 1. The third kappa shape index (κ3) is 3.81. The van der Waals surface area contributed by atoms with E-state index in [-0.39, 0.29) is 17.4 Å². The Kier molecular flexibility index (Phi) is 4.74. The summed E-state index contributed by atoms with van der Waals surface area (Å²) in [4.78, 5) is 25.9. The van der Waals surface area contributed by atoms with Crippen LogP contribution in [0.25, 0.3) is 0 Å². The van der Waals surface area contributed by atoms with Crippen molar-refractivity contribution in [1.82, 2.24) is 24.8 Å². The van der Waals surface area contributed by atoms with Crippen molar-refractivity contribution in [2.24, 2.45) is 5.92 Å². The number of nitrogen functional groups attached to an aromatic ring is 1. The van der Waals surface area contributed by atoms with Crippen molar-refractivity contribution in [1.29, 1.82) is 0 Å². The molecule has 3 heterocycles. The molecule has 2 aromatic heterocycles. The Morgan fingerprint density at radius 3 is 2.90 bits per heavy atom. The number of hydrogen-bond donors (Lipinski definition) is 2. The molecule has 0 bridgehead atoms. The number of aromatic nitrogens is 4. The van der Waals surface area contributed by atoms with E-state index < -0.39 is 5.60 Å². The van der Waals surface area contributed by atoms with E-state index in [1.54, 1.807) is 19.9 Å². The summed E-state index contributed by atoms with van der Waals surface area (Å²) in [7, 11) is 0. The molecule has 1 aliphatic carbocycles. The maximum atomic E-state index is 12.7. The highest BCUT2D eigenvalue weighted by atomic mass is 16.5. The van der Waals surface area contributed by atoms with E-state index in [9.17, 15) is 4.79 Å². The first-order valence-electron chi connectivity index (χ1n) is 9.66. The van der Waals surface area contributed by atoms with Crippen LogP contribution in [-0.2, 0) is 23.4 Å². The first-order chi connectivity index (χ1) is 13.9. The van der Waals surface area contributed by atoms with Crippen molar-refractivity contribution in [3.8, 4) is 11.8 Å². The maximum absolute atomic E-state index is 12.7. The predicted octanol–water partition coefficient (Wildman–Crippen LogP) is 1.97. The zero-order valence-corrected chi connectivity index (χ0v) is 16.8. The molecular weight excluding hydrogens is 368 g/mol. The van der Waals surface area contributed by atoms with Gasteiger partial charge in [0.15, 0.2) is 11.5 Å². The monoisotopic (exact) mass is 392 g/mol. The van der Waals surface area contributed by atoms with Crippen LogP contribution in [0.1, 0.15) is 53.0 Å². The van der Waals surface area contributed by atoms with Gasteiger partial charge in [0.1, 0.15) is 5.69 Å². The average molecular weight is 392 g/mol. The van der Waals surface area contributed by atoms with Crippen molar-refractivity contribution < 1.29 is 9.53 Å². The maximum Gasteiger partial charge on any atom is 0.274 e. The summed E-state index contributed by atoms with van der Waals surface area (Å²) >= 11 is 0. The predicted molar refractivity (Wildman–Crippen MR) is 107 cm³/mol. The smallest absolute Gasteiger partial charge is 0.274 e. The molecule has 8 nitrogen and oxygen atoms in total. The summed E-state index contributed by atoms with van der Waals surface area (Å²) in [5.41, 5.74) is 8.13. The van der Waals surface area contributed by atoms with Crippen LogP contribution < -0.4 is 11.1 Å². The zero-order valence-electron chi connectivity index (χ0n) is 16.8. The van der Waals surface area contributed by atoms with E-state index in [1.807, 2.05) is 13.3 Å². The first-order valence-corrected chi connectivity index (χ1v) is 9.66. The number of ether oxygens (including phenoxy) is 1. The Bertz CT molecular complexity index is 1060. The number of aryl methyl sites for hydroxylation is 1. The lowest BCUT2D eigenvalue weighted by molar-refractivity contribution is 0.0865. The second-order valence-corrected chi connectivity index (χ2v) is 7.67. The van der Waals surface area contributed by atoms with Crippen LogP contribution in [0.2, 0.25) is 0 Å². The Morgan fingerprint density at radius 2 is 2.21 bits per heavy atom. The van der Waals surface area contributed by atoms with Gasteiger partial charge in [-0.25, -0.2) is 15.0 Å². The van der Waals surface area contributed by atoms with Gasteiger partial charge in [-0.05, 0) is 45.5 Å². The van der Waals surface area contributed by atoms with Crippen LogP contribution in [0.4, 0.5) is 5.82 Å². The summed E-state index contributed by atoms with van der Waals surface area (Å²) in [6.07, 6.45) is 7.53. The van der Waals surface area contributed by atoms with Crippen LogP contribution in [0.15, 0.2) is 18.7 Å². The third-order valence-corrected chi connectivity index (χ3v) is 5.30. The minimum absolute atomic E-state index is 0.0419. The second kappa shape index (κ2) is 7.24. The highest BCUT2D eigenvalue weighted by Gasteiger charge is 2.32. The molecule has 1 saturated carbocycles. The number of nitrogens with zero attached hydrogens (tertiary/aromatic N) is 4. The van der Waals surface area contributed by atoms with Gasteiger partial charge >= 0.3 is 0 Å². The summed E-state index contributed by atoms with van der Waals surface area (Å²) in [6, 6.07) is 0. The SMILES string of the molecule is Cc1nc(C(=O)NCc2ncn(CC3CC3)c2C)c(N)nc1C1(C)C#CC=CO1. The van der Waals surface area contributed by atoms with Gasteiger partial charge in [0, 0.05) is 18.3 Å². The number of imidazole rings is 1.